The number of aromatic nitrogens is 4. The molecule has 1 amide bonds. The van der Waals surface area contributed by atoms with Crippen molar-refractivity contribution in [2.75, 3.05) is 20.1 Å². The molecule has 1 aliphatic rings. The summed E-state index contributed by atoms with van der Waals surface area (Å²) in [6.45, 7) is 2.95. The molecule has 1 saturated heterocycles. The largest absolute Gasteiger partial charge is 0.352 e. The lowest BCUT2D eigenvalue weighted by Crippen LogP contribution is -2.35. The summed E-state index contributed by atoms with van der Waals surface area (Å²) < 4.78 is 2.14. The van der Waals surface area contributed by atoms with Crippen LogP contribution in [-0.2, 0) is 6.54 Å². The fourth-order valence-corrected chi connectivity index (χ4v) is 4.40. The maximum absolute atomic E-state index is 12.6. The second kappa shape index (κ2) is 7.33. The number of likely N-dealkylation sites (tertiary alicyclic amines) is 1. The van der Waals surface area contributed by atoms with Gasteiger partial charge in [-0.05, 0) is 24.5 Å². The molecule has 29 heavy (non-hydrogen) atoms. The number of imidazole rings is 1. The van der Waals surface area contributed by atoms with E-state index in [0.717, 1.165) is 54.5 Å². The quantitative estimate of drug-likeness (QED) is 0.563. The van der Waals surface area contributed by atoms with Crippen LogP contribution in [0.4, 0.5) is 0 Å². The number of fused-ring (bicyclic) bond motifs is 3. The predicted molar refractivity (Wildman–Crippen MR) is 113 cm³/mol. The molecule has 1 aliphatic heterocycles. The molecule has 0 bridgehead atoms. The topological polar surface area (TPSA) is 78.8 Å². The molecule has 7 heteroatoms. The minimum absolute atomic E-state index is 0.156. The van der Waals surface area contributed by atoms with Crippen LogP contribution in [0, 0.1) is 0 Å². The number of benzene rings is 1. The lowest BCUT2D eigenvalue weighted by molar-refractivity contribution is 0.0941. The maximum Gasteiger partial charge on any atom is 0.287 e. The van der Waals surface area contributed by atoms with Crippen molar-refractivity contribution in [1.29, 1.82) is 0 Å². The number of amides is 1. The predicted octanol–water partition coefficient (Wildman–Crippen LogP) is 3.11. The first kappa shape index (κ1) is 17.9. The maximum atomic E-state index is 12.6. The first-order valence-electron chi connectivity index (χ1n) is 10.1. The molecule has 3 aromatic heterocycles. The number of hydrogen-bond donors (Lipinski definition) is 2. The molecule has 1 aromatic carbocycles. The molecule has 2 N–H and O–H groups in total. The van der Waals surface area contributed by atoms with Gasteiger partial charge in [-0.2, -0.15) is 0 Å². The molecule has 0 atom stereocenters. The highest BCUT2D eigenvalue weighted by Gasteiger charge is 2.28. The van der Waals surface area contributed by atoms with Crippen LogP contribution < -0.4 is 5.32 Å². The third-order valence-electron chi connectivity index (χ3n) is 5.84. The molecule has 0 unspecified atom stereocenters. The van der Waals surface area contributed by atoms with Gasteiger partial charge >= 0.3 is 0 Å². The van der Waals surface area contributed by atoms with E-state index in [0.29, 0.717) is 5.82 Å². The number of rotatable bonds is 4. The van der Waals surface area contributed by atoms with Gasteiger partial charge in [-0.15, -0.1) is 0 Å². The second-order valence-corrected chi connectivity index (χ2v) is 7.61. The van der Waals surface area contributed by atoms with E-state index >= 15 is 0 Å². The normalized spacial score (nSPS) is 15.9. The molecule has 4 heterocycles. The van der Waals surface area contributed by atoms with Crippen LogP contribution in [0.15, 0.2) is 48.8 Å². The van der Waals surface area contributed by atoms with E-state index < -0.39 is 0 Å². The van der Waals surface area contributed by atoms with Crippen molar-refractivity contribution in [3.8, 4) is 0 Å². The van der Waals surface area contributed by atoms with Gasteiger partial charge < -0.3 is 14.9 Å². The lowest BCUT2D eigenvalue weighted by atomic mass is 10.0. The zero-order valence-corrected chi connectivity index (χ0v) is 16.4. The van der Waals surface area contributed by atoms with E-state index in [1.807, 2.05) is 12.3 Å². The SMILES string of the molecule is CNC(=O)c1nc2cnc3[nH]ccc3c2n1C1CCN(Cc2ccccc2)CC1. The third kappa shape index (κ3) is 3.17. The van der Waals surface area contributed by atoms with Gasteiger partial charge in [-0.3, -0.25) is 9.69 Å². The first-order chi connectivity index (χ1) is 14.2. The van der Waals surface area contributed by atoms with E-state index in [9.17, 15) is 4.79 Å². The fourth-order valence-electron chi connectivity index (χ4n) is 4.40. The van der Waals surface area contributed by atoms with Gasteiger partial charge in [0, 0.05) is 44.3 Å². The van der Waals surface area contributed by atoms with E-state index in [1.165, 1.54) is 5.56 Å². The summed E-state index contributed by atoms with van der Waals surface area (Å²) in [5.74, 6) is 0.316. The number of pyridine rings is 1. The molecule has 0 radical (unpaired) electrons. The Labute approximate surface area is 168 Å². The summed E-state index contributed by atoms with van der Waals surface area (Å²) >= 11 is 0. The van der Waals surface area contributed by atoms with Crippen LogP contribution in [0.2, 0.25) is 0 Å². The van der Waals surface area contributed by atoms with Crippen LogP contribution in [-0.4, -0.2) is 50.5 Å². The molecule has 5 rings (SSSR count). The Morgan fingerprint density at radius 3 is 2.76 bits per heavy atom. The molecule has 0 saturated carbocycles. The Kier molecular flexibility index (Phi) is 4.52. The number of nitrogens with zero attached hydrogens (tertiary/aromatic N) is 4. The highest BCUT2D eigenvalue weighted by atomic mass is 16.2. The van der Waals surface area contributed by atoms with Gasteiger partial charge in [0.15, 0.2) is 5.82 Å². The molecule has 0 spiro atoms. The van der Waals surface area contributed by atoms with Gasteiger partial charge in [0.25, 0.3) is 5.91 Å². The van der Waals surface area contributed by atoms with Crippen LogP contribution in [0.25, 0.3) is 22.1 Å². The fraction of sp³-hybridized carbons (Fsp3) is 0.318. The number of aromatic amines is 1. The van der Waals surface area contributed by atoms with Gasteiger partial charge in [0.2, 0.25) is 0 Å². The molecule has 7 nitrogen and oxygen atoms in total. The number of piperidine rings is 1. The first-order valence-corrected chi connectivity index (χ1v) is 10.1. The monoisotopic (exact) mass is 388 g/mol. The van der Waals surface area contributed by atoms with E-state index in [4.69, 9.17) is 0 Å². The summed E-state index contributed by atoms with van der Waals surface area (Å²) in [5, 5.41) is 3.76. The van der Waals surface area contributed by atoms with Crippen molar-refractivity contribution in [1.82, 2.24) is 29.7 Å². The minimum Gasteiger partial charge on any atom is -0.352 e. The Morgan fingerprint density at radius 2 is 2.00 bits per heavy atom. The number of nitrogens with one attached hydrogen (secondary N) is 2. The Hall–Kier alpha value is -3.19. The molecule has 148 valence electrons. The highest BCUT2D eigenvalue weighted by Crippen LogP contribution is 2.32. The van der Waals surface area contributed by atoms with Crippen molar-refractivity contribution in [3.05, 3.63) is 60.2 Å². The van der Waals surface area contributed by atoms with Crippen LogP contribution in [0.5, 0.6) is 0 Å². The van der Waals surface area contributed by atoms with Crippen molar-refractivity contribution >= 4 is 28.0 Å². The zero-order valence-electron chi connectivity index (χ0n) is 16.4. The molecule has 4 aromatic rings. The molecule has 1 fully saturated rings. The standard InChI is InChI=1S/C22H24N6O/c1-23-22(29)21-26-18-13-25-20-17(7-10-24-20)19(18)28(21)16-8-11-27(12-9-16)14-15-5-3-2-4-6-15/h2-7,10,13,16H,8-9,11-12,14H2,1H3,(H,23,29)(H,24,25). The Morgan fingerprint density at radius 1 is 1.21 bits per heavy atom. The van der Waals surface area contributed by atoms with E-state index in [1.54, 1.807) is 13.2 Å². The molecule has 0 aliphatic carbocycles. The van der Waals surface area contributed by atoms with Crippen LogP contribution >= 0.6 is 0 Å². The van der Waals surface area contributed by atoms with Crippen molar-refractivity contribution in [2.45, 2.75) is 25.4 Å². The number of hydrogen-bond acceptors (Lipinski definition) is 4. The molecular weight excluding hydrogens is 364 g/mol. The Bertz CT molecular complexity index is 1150. The van der Waals surface area contributed by atoms with Gasteiger partial charge in [0.05, 0.1) is 11.7 Å². The number of H-pyrrole nitrogens is 1. The zero-order chi connectivity index (χ0) is 19.8. The highest BCUT2D eigenvalue weighted by molar-refractivity contribution is 6.04. The van der Waals surface area contributed by atoms with Crippen molar-refractivity contribution in [3.63, 3.8) is 0 Å². The van der Waals surface area contributed by atoms with Gasteiger partial charge in [-0.25, -0.2) is 9.97 Å². The number of carbonyl (C=O) groups is 1. The minimum atomic E-state index is -0.156. The van der Waals surface area contributed by atoms with Crippen molar-refractivity contribution in [2.24, 2.45) is 0 Å². The Balaban J connectivity index is 1.48. The molecular formula is C22H24N6O. The summed E-state index contributed by atoms with van der Waals surface area (Å²) in [6, 6.07) is 12.8. The summed E-state index contributed by atoms with van der Waals surface area (Å²) in [6.07, 6.45) is 5.60. The van der Waals surface area contributed by atoms with Crippen LogP contribution in [0.1, 0.15) is 35.1 Å². The number of carbonyl (C=O) groups excluding carboxylic acids is 1. The lowest BCUT2D eigenvalue weighted by Gasteiger charge is -2.33. The van der Waals surface area contributed by atoms with E-state index in [2.05, 4.69) is 60.1 Å². The summed E-state index contributed by atoms with van der Waals surface area (Å²) in [7, 11) is 1.65. The van der Waals surface area contributed by atoms with Crippen LogP contribution in [0.3, 0.4) is 0 Å². The van der Waals surface area contributed by atoms with Gasteiger partial charge in [-0.1, -0.05) is 30.3 Å². The third-order valence-corrected chi connectivity index (χ3v) is 5.84. The van der Waals surface area contributed by atoms with Gasteiger partial charge in [0.1, 0.15) is 11.2 Å². The smallest absolute Gasteiger partial charge is 0.287 e. The van der Waals surface area contributed by atoms with Crippen molar-refractivity contribution < 1.29 is 4.79 Å². The van der Waals surface area contributed by atoms with E-state index in [-0.39, 0.29) is 11.9 Å². The summed E-state index contributed by atoms with van der Waals surface area (Å²) in [4.78, 5) is 27.3. The average molecular weight is 388 g/mol. The second-order valence-electron chi connectivity index (χ2n) is 7.61. The summed E-state index contributed by atoms with van der Waals surface area (Å²) in [5.41, 5.74) is 3.92. The average Bonchev–Trinajstić information content (AvgIpc) is 3.38.